The van der Waals surface area contributed by atoms with Crippen molar-refractivity contribution in [2.24, 2.45) is 0 Å². The van der Waals surface area contributed by atoms with Crippen LogP contribution in [0.4, 0.5) is 30.6 Å². The quantitative estimate of drug-likeness (QED) is 0.522. The third-order valence-electron chi connectivity index (χ3n) is 6.20. The summed E-state index contributed by atoms with van der Waals surface area (Å²) in [7, 11) is 0. The Morgan fingerprint density at radius 3 is 2.54 bits per heavy atom. The summed E-state index contributed by atoms with van der Waals surface area (Å²) in [6.45, 7) is 7.03. The van der Waals surface area contributed by atoms with Gasteiger partial charge in [-0.1, -0.05) is 6.07 Å². The highest BCUT2D eigenvalue weighted by Crippen LogP contribution is 2.41. The van der Waals surface area contributed by atoms with Gasteiger partial charge in [0.05, 0.1) is 18.1 Å². The van der Waals surface area contributed by atoms with E-state index in [2.05, 4.69) is 20.3 Å². The number of aryl methyl sites for hydroxylation is 1. The number of carbonyl (C=O) groups excluding carboxylic acids is 1. The standard InChI is InChI=1S/C24H25F3N8O2/c1-13(2)35-14(3)21(36)34-8-4-5-17-19(34)20(35)33-23(32-17)31-10-15-6-7-18(28-9-15)37-16-11-29-22(30-12-16)24(25,26)27/h6-7,9,11-14H,4-5,8,10H2,1-3H3,(H,31,32,33)/t14-/m0/s1. The van der Waals surface area contributed by atoms with Gasteiger partial charge in [-0.25, -0.2) is 19.9 Å². The fraction of sp³-hybridized carbons (Fsp3) is 0.417. The van der Waals surface area contributed by atoms with E-state index in [-0.39, 0.29) is 29.6 Å². The third-order valence-corrected chi connectivity index (χ3v) is 6.20. The Balaban J connectivity index is 1.29. The molecular weight excluding hydrogens is 489 g/mol. The molecule has 0 spiro atoms. The minimum absolute atomic E-state index is 0.0410. The largest absolute Gasteiger partial charge is 0.451 e. The van der Waals surface area contributed by atoms with Crippen molar-refractivity contribution in [1.82, 2.24) is 24.9 Å². The first kappa shape index (κ1) is 24.7. The van der Waals surface area contributed by atoms with Crippen LogP contribution in [0.15, 0.2) is 30.7 Å². The minimum Gasteiger partial charge on any atom is -0.436 e. The molecule has 1 N–H and O–H groups in total. The van der Waals surface area contributed by atoms with Gasteiger partial charge in [-0.3, -0.25) is 4.79 Å². The summed E-state index contributed by atoms with van der Waals surface area (Å²) < 4.78 is 43.3. The molecule has 10 nitrogen and oxygen atoms in total. The second kappa shape index (κ2) is 9.45. The van der Waals surface area contributed by atoms with E-state index in [4.69, 9.17) is 14.7 Å². The van der Waals surface area contributed by atoms with Gasteiger partial charge in [0.15, 0.2) is 11.6 Å². The summed E-state index contributed by atoms with van der Waals surface area (Å²) in [5, 5.41) is 3.24. The fourth-order valence-electron chi connectivity index (χ4n) is 4.55. The molecule has 194 valence electrons. The van der Waals surface area contributed by atoms with Gasteiger partial charge in [0.1, 0.15) is 11.7 Å². The van der Waals surface area contributed by atoms with Crippen LogP contribution >= 0.6 is 0 Å². The van der Waals surface area contributed by atoms with Crippen LogP contribution in [0.25, 0.3) is 0 Å². The summed E-state index contributed by atoms with van der Waals surface area (Å²) in [5.41, 5.74) is 2.48. The number of amides is 1. The Bertz CT molecular complexity index is 1300. The number of ether oxygens (including phenoxy) is 1. The Morgan fingerprint density at radius 1 is 1.14 bits per heavy atom. The molecule has 1 atom stereocenters. The van der Waals surface area contributed by atoms with Crippen molar-refractivity contribution in [2.45, 2.75) is 58.4 Å². The Kier molecular flexibility index (Phi) is 6.30. The van der Waals surface area contributed by atoms with E-state index >= 15 is 0 Å². The molecule has 37 heavy (non-hydrogen) atoms. The molecule has 2 aliphatic rings. The van der Waals surface area contributed by atoms with E-state index < -0.39 is 12.0 Å². The lowest BCUT2D eigenvalue weighted by Gasteiger charge is -2.44. The van der Waals surface area contributed by atoms with E-state index in [1.165, 1.54) is 0 Å². The zero-order valence-electron chi connectivity index (χ0n) is 20.5. The van der Waals surface area contributed by atoms with Crippen LogP contribution in [0, 0.1) is 0 Å². The number of hydrogen-bond acceptors (Lipinski definition) is 9. The van der Waals surface area contributed by atoms with E-state index in [1.54, 1.807) is 18.3 Å². The number of carbonyl (C=O) groups is 1. The molecule has 0 saturated heterocycles. The maximum absolute atomic E-state index is 13.0. The predicted octanol–water partition coefficient (Wildman–Crippen LogP) is 3.98. The van der Waals surface area contributed by atoms with E-state index in [9.17, 15) is 18.0 Å². The van der Waals surface area contributed by atoms with E-state index in [1.807, 2.05) is 30.6 Å². The average molecular weight is 515 g/mol. The maximum atomic E-state index is 13.0. The summed E-state index contributed by atoms with van der Waals surface area (Å²) in [6.07, 6.45) is 0.473. The zero-order chi connectivity index (χ0) is 26.3. The summed E-state index contributed by atoms with van der Waals surface area (Å²) in [4.78, 5) is 37.0. The SMILES string of the molecule is CC(C)N1c2nc(NCc3ccc(Oc4cnc(C(F)(F)F)nc4)nc3)nc3c2N(CCC3)C(=O)[C@@H]1C. The molecule has 2 aliphatic heterocycles. The monoisotopic (exact) mass is 514 g/mol. The van der Waals surface area contributed by atoms with Gasteiger partial charge in [-0.15, -0.1) is 0 Å². The topological polar surface area (TPSA) is 109 Å². The van der Waals surface area contributed by atoms with Crippen molar-refractivity contribution in [2.75, 3.05) is 21.7 Å². The van der Waals surface area contributed by atoms with Crippen LogP contribution < -0.4 is 19.9 Å². The summed E-state index contributed by atoms with van der Waals surface area (Å²) in [5.74, 6) is 0.285. The number of nitrogens with zero attached hydrogens (tertiary/aromatic N) is 7. The fourth-order valence-corrected chi connectivity index (χ4v) is 4.55. The third kappa shape index (κ3) is 4.85. The molecule has 13 heteroatoms. The Labute approximate surface area is 210 Å². The zero-order valence-corrected chi connectivity index (χ0v) is 20.5. The number of hydrogen-bond donors (Lipinski definition) is 1. The van der Waals surface area contributed by atoms with Gasteiger partial charge in [0.25, 0.3) is 0 Å². The van der Waals surface area contributed by atoms with Gasteiger partial charge in [0.2, 0.25) is 23.6 Å². The normalized spacial score (nSPS) is 17.2. The molecule has 0 radical (unpaired) electrons. The van der Waals surface area contributed by atoms with Gasteiger partial charge < -0.3 is 19.9 Å². The number of anilines is 3. The summed E-state index contributed by atoms with van der Waals surface area (Å²) in [6, 6.07) is 3.14. The molecule has 0 bridgehead atoms. The first-order chi connectivity index (χ1) is 17.6. The molecule has 3 aromatic rings. The maximum Gasteiger partial charge on any atom is 0.451 e. The molecule has 0 fully saturated rings. The Hall–Kier alpha value is -4.03. The van der Waals surface area contributed by atoms with Crippen molar-refractivity contribution in [3.05, 3.63) is 47.8 Å². The van der Waals surface area contributed by atoms with Gasteiger partial charge in [-0.05, 0) is 39.2 Å². The predicted molar refractivity (Wildman–Crippen MR) is 128 cm³/mol. The second-order valence-electron chi connectivity index (χ2n) is 9.14. The average Bonchev–Trinajstić information content (AvgIpc) is 2.86. The molecule has 0 aliphatic carbocycles. The Morgan fingerprint density at radius 2 is 1.89 bits per heavy atom. The highest BCUT2D eigenvalue weighted by molar-refractivity contribution is 6.05. The lowest BCUT2D eigenvalue weighted by molar-refractivity contribution is -0.145. The van der Waals surface area contributed by atoms with Gasteiger partial charge in [0, 0.05) is 31.4 Å². The number of aromatic nitrogens is 5. The van der Waals surface area contributed by atoms with Crippen LogP contribution in [0.1, 0.15) is 44.3 Å². The molecule has 5 rings (SSSR count). The van der Waals surface area contributed by atoms with Crippen molar-refractivity contribution in [3.8, 4) is 11.6 Å². The first-order valence-electron chi connectivity index (χ1n) is 11.9. The van der Waals surface area contributed by atoms with Crippen molar-refractivity contribution >= 4 is 23.4 Å². The molecule has 5 heterocycles. The number of halogens is 3. The number of rotatable bonds is 6. The van der Waals surface area contributed by atoms with Crippen molar-refractivity contribution < 1.29 is 22.7 Å². The van der Waals surface area contributed by atoms with Crippen molar-refractivity contribution in [1.29, 1.82) is 0 Å². The molecule has 0 aromatic carbocycles. The highest BCUT2D eigenvalue weighted by Gasteiger charge is 2.41. The number of alkyl halides is 3. The van der Waals surface area contributed by atoms with Gasteiger partial charge >= 0.3 is 6.18 Å². The van der Waals surface area contributed by atoms with Crippen LogP contribution in [0.5, 0.6) is 11.6 Å². The van der Waals surface area contributed by atoms with E-state index in [0.29, 0.717) is 19.0 Å². The molecular formula is C24H25F3N8O2. The van der Waals surface area contributed by atoms with Crippen molar-refractivity contribution in [3.63, 3.8) is 0 Å². The highest BCUT2D eigenvalue weighted by atomic mass is 19.4. The smallest absolute Gasteiger partial charge is 0.436 e. The van der Waals surface area contributed by atoms with Crippen LogP contribution in [-0.4, -0.2) is 49.5 Å². The van der Waals surface area contributed by atoms with Crippen LogP contribution in [0.3, 0.4) is 0 Å². The van der Waals surface area contributed by atoms with Crippen LogP contribution in [0.2, 0.25) is 0 Å². The molecule has 0 saturated carbocycles. The number of pyridine rings is 1. The van der Waals surface area contributed by atoms with Crippen LogP contribution in [-0.2, 0) is 23.9 Å². The molecule has 0 unspecified atom stereocenters. The minimum atomic E-state index is -4.62. The lowest BCUT2D eigenvalue weighted by atomic mass is 10.0. The lowest BCUT2D eigenvalue weighted by Crippen LogP contribution is -2.56. The first-order valence-corrected chi connectivity index (χ1v) is 11.9. The van der Waals surface area contributed by atoms with E-state index in [0.717, 1.165) is 48.0 Å². The molecule has 1 amide bonds. The summed E-state index contributed by atoms with van der Waals surface area (Å²) >= 11 is 0. The molecule has 3 aromatic heterocycles. The second-order valence-corrected chi connectivity index (χ2v) is 9.14. The van der Waals surface area contributed by atoms with Gasteiger partial charge in [-0.2, -0.15) is 18.2 Å². The number of nitrogens with one attached hydrogen (secondary N) is 1.